The molecule has 1 aliphatic rings. The van der Waals surface area contributed by atoms with E-state index in [0.717, 1.165) is 11.4 Å². The summed E-state index contributed by atoms with van der Waals surface area (Å²) in [6.07, 6.45) is 3.50. The van der Waals surface area contributed by atoms with E-state index in [4.69, 9.17) is 11.6 Å². The summed E-state index contributed by atoms with van der Waals surface area (Å²) in [5.74, 6) is 0. The highest BCUT2D eigenvalue weighted by atomic mass is 79.9. The first-order chi connectivity index (χ1) is 9.22. The van der Waals surface area contributed by atoms with Crippen molar-refractivity contribution < 1.29 is 0 Å². The number of hydrogen-bond acceptors (Lipinski definition) is 0. The summed E-state index contributed by atoms with van der Waals surface area (Å²) in [6.45, 7) is 0. The van der Waals surface area contributed by atoms with E-state index in [-0.39, 0.29) is 0 Å². The van der Waals surface area contributed by atoms with Gasteiger partial charge in [0, 0.05) is 15.3 Å². The van der Waals surface area contributed by atoms with Crippen molar-refractivity contribution in [1.29, 1.82) is 0 Å². The Kier molecular flexibility index (Phi) is 3.68. The molecule has 1 aliphatic carbocycles. The fourth-order valence-corrected chi connectivity index (χ4v) is 4.02. The van der Waals surface area contributed by atoms with Crippen LogP contribution >= 0.6 is 27.5 Å². The predicted molar refractivity (Wildman–Crippen MR) is 85.2 cm³/mol. The molecule has 0 bridgehead atoms. The monoisotopic (exact) mass is 334 g/mol. The lowest BCUT2D eigenvalue weighted by atomic mass is 9.89. The minimum Gasteiger partial charge on any atom is -0.0877 e. The second-order valence-electron chi connectivity index (χ2n) is 5.29. The summed E-state index contributed by atoms with van der Waals surface area (Å²) in [5.41, 5.74) is 2.98. The van der Waals surface area contributed by atoms with E-state index in [2.05, 4.69) is 58.4 Å². The molecule has 2 aromatic carbocycles. The predicted octanol–water partition coefficient (Wildman–Crippen LogP) is 5.38. The van der Waals surface area contributed by atoms with Crippen LogP contribution in [-0.2, 0) is 11.8 Å². The van der Waals surface area contributed by atoms with Gasteiger partial charge in [0.15, 0.2) is 0 Å². The van der Waals surface area contributed by atoms with E-state index in [1.54, 1.807) is 0 Å². The Morgan fingerprint density at radius 2 is 1.63 bits per heavy atom. The van der Waals surface area contributed by atoms with Gasteiger partial charge in [-0.2, -0.15) is 0 Å². The highest BCUT2D eigenvalue weighted by molar-refractivity contribution is 9.09. The normalized spacial score (nSPS) is 18.0. The van der Waals surface area contributed by atoms with Gasteiger partial charge in [-0.25, -0.2) is 0 Å². The Morgan fingerprint density at radius 1 is 1.00 bits per heavy atom. The second-order valence-corrected chi connectivity index (χ2v) is 6.80. The van der Waals surface area contributed by atoms with Crippen molar-refractivity contribution >= 4 is 27.5 Å². The lowest BCUT2D eigenvalue weighted by Crippen LogP contribution is -2.22. The fraction of sp³-hybridized carbons (Fsp3) is 0.294. The molecule has 3 rings (SSSR count). The van der Waals surface area contributed by atoms with Gasteiger partial charge >= 0.3 is 0 Å². The molecule has 0 spiro atoms. The van der Waals surface area contributed by atoms with Crippen LogP contribution in [0.25, 0.3) is 0 Å². The molecular formula is C17H16BrCl. The van der Waals surface area contributed by atoms with Crippen molar-refractivity contribution in [3.05, 3.63) is 70.7 Å². The van der Waals surface area contributed by atoms with E-state index in [9.17, 15) is 0 Å². The topological polar surface area (TPSA) is 0 Å². The first-order valence-corrected chi connectivity index (χ1v) is 7.95. The van der Waals surface area contributed by atoms with Crippen molar-refractivity contribution in [2.24, 2.45) is 0 Å². The van der Waals surface area contributed by atoms with Gasteiger partial charge in [0.1, 0.15) is 0 Å². The molecule has 0 radical (unpaired) electrons. The average molecular weight is 336 g/mol. The van der Waals surface area contributed by atoms with Gasteiger partial charge in [-0.15, -0.1) is 0 Å². The highest BCUT2D eigenvalue weighted by Gasteiger charge is 2.49. The van der Waals surface area contributed by atoms with Crippen LogP contribution in [0.4, 0.5) is 0 Å². The summed E-state index contributed by atoms with van der Waals surface area (Å²) in [6, 6.07) is 19.0. The largest absolute Gasteiger partial charge is 0.0877 e. The lowest BCUT2D eigenvalue weighted by Gasteiger charge is -2.23. The third kappa shape index (κ3) is 2.59. The zero-order valence-electron chi connectivity index (χ0n) is 10.7. The maximum Gasteiger partial charge on any atom is 0.0438 e. The molecule has 1 fully saturated rings. The van der Waals surface area contributed by atoms with Crippen LogP contribution in [0.15, 0.2) is 54.6 Å². The van der Waals surface area contributed by atoms with Crippen LogP contribution in [0, 0.1) is 0 Å². The molecule has 98 valence electrons. The summed E-state index contributed by atoms with van der Waals surface area (Å²) in [7, 11) is 0. The van der Waals surface area contributed by atoms with Crippen LogP contribution in [-0.4, -0.2) is 4.83 Å². The van der Waals surface area contributed by atoms with Gasteiger partial charge < -0.3 is 0 Å². The molecule has 2 heteroatoms. The van der Waals surface area contributed by atoms with E-state index in [1.807, 2.05) is 12.1 Å². The molecule has 0 N–H and O–H groups in total. The van der Waals surface area contributed by atoms with Crippen LogP contribution < -0.4 is 0 Å². The van der Waals surface area contributed by atoms with E-state index < -0.39 is 0 Å². The van der Waals surface area contributed by atoms with Gasteiger partial charge in [0.05, 0.1) is 0 Å². The fourth-order valence-electron chi connectivity index (χ4n) is 2.74. The molecule has 1 atom stereocenters. The SMILES string of the molecule is Clc1ccccc1CC(Br)C1(c2ccccc2)CC1. The Balaban J connectivity index is 1.82. The summed E-state index contributed by atoms with van der Waals surface area (Å²) in [5, 5.41) is 0.871. The van der Waals surface area contributed by atoms with Gasteiger partial charge in [-0.05, 0) is 36.5 Å². The Hall–Kier alpha value is -0.790. The van der Waals surface area contributed by atoms with Crippen molar-refractivity contribution in [1.82, 2.24) is 0 Å². The third-order valence-electron chi connectivity index (χ3n) is 4.09. The molecular weight excluding hydrogens is 320 g/mol. The number of hydrogen-bond donors (Lipinski definition) is 0. The highest BCUT2D eigenvalue weighted by Crippen LogP contribution is 2.54. The molecule has 0 nitrogen and oxygen atoms in total. The van der Waals surface area contributed by atoms with E-state index in [0.29, 0.717) is 10.2 Å². The van der Waals surface area contributed by atoms with Gasteiger partial charge in [-0.3, -0.25) is 0 Å². The van der Waals surface area contributed by atoms with Crippen LogP contribution in [0.3, 0.4) is 0 Å². The minimum absolute atomic E-state index is 0.306. The Morgan fingerprint density at radius 3 is 2.26 bits per heavy atom. The molecule has 0 aromatic heterocycles. The van der Waals surface area contributed by atoms with Crippen LogP contribution in [0.5, 0.6) is 0 Å². The van der Waals surface area contributed by atoms with E-state index >= 15 is 0 Å². The average Bonchev–Trinajstić information content (AvgIpc) is 3.24. The van der Waals surface area contributed by atoms with Gasteiger partial charge in [0.25, 0.3) is 0 Å². The summed E-state index contributed by atoms with van der Waals surface area (Å²) in [4.78, 5) is 0.447. The second kappa shape index (κ2) is 5.30. The number of halogens is 2. The number of alkyl halides is 1. The van der Waals surface area contributed by atoms with Crippen molar-refractivity contribution in [2.45, 2.75) is 29.5 Å². The lowest BCUT2D eigenvalue weighted by molar-refractivity contribution is 0.647. The van der Waals surface area contributed by atoms with Gasteiger partial charge in [-0.1, -0.05) is 76.1 Å². The molecule has 1 saturated carbocycles. The Labute approximate surface area is 127 Å². The molecule has 0 aliphatic heterocycles. The van der Waals surface area contributed by atoms with Gasteiger partial charge in [0.2, 0.25) is 0 Å². The minimum atomic E-state index is 0.306. The molecule has 1 unspecified atom stereocenters. The number of benzene rings is 2. The molecule has 0 heterocycles. The summed E-state index contributed by atoms with van der Waals surface area (Å²) >= 11 is 10.2. The summed E-state index contributed by atoms with van der Waals surface area (Å²) < 4.78 is 0. The maximum atomic E-state index is 6.26. The van der Waals surface area contributed by atoms with Crippen LogP contribution in [0.2, 0.25) is 5.02 Å². The first kappa shape index (κ1) is 13.2. The van der Waals surface area contributed by atoms with Crippen molar-refractivity contribution in [3.63, 3.8) is 0 Å². The molecule has 19 heavy (non-hydrogen) atoms. The quantitative estimate of drug-likeness (QED) is 0.658. The third-order valence-corrected chi connectivity index (χ3v) is 5.66. The molecule has 0 amide bonds. The maximum absolute atomic E-state index is 6.26. The zero-order chi connectivity index (χ0) is 13.3. The zero-order valence-corrected chi connectivity index (χ0v) is 13.0. The Bertz CT molecular complexity index is 560. The molecule has 2 aromatic rings. The molecule has 0 saturated heterocycles. The van der Waals surface area contributed by atoms with E-state index in [1.165, 1.54) is 24.0 Å². The smallest absolute Gasteiger partial charge is 0.0438 e. The standard InChI is InChI=1S/C17H16BrCl/c18-16(12-13-6-4-5-9-15(13)19)17(10-11-17)14-7-2-1-3-8-14/h1-9,16H,10-12H2. The number of rotatable bonds is 4. The van der Waals surface area contributed by atoms with Crippen LogP contribution in [0.1, 0.15) is 24.0 Å². The van der Waals surface area contributed by atoms with Crippen molar-refractivity contribution in [2.75, 3.05) is 0 Å². The first-order valence-electron chi connectivity index (χ1n) is 6.65. The van der Waals surface area contributed by atoms with Crippen molar-refractivity contribution in [3.8, 4) is 0 Å².